The highest BCUT2D eigenvalue weighted by Gasteiger charge is 2.35. The molecule has 2 aromatic heterocycles. The second kappa shape index (κ2) is 10.3. The molecule has 0 saturated carbocycles. The van der Waals surface area contributed by atoms with E-state index in [-0.39, 0.29) is 22.4 Å². The summed E-state index contributed by atoms with van der Waals surface area (Å²) in [4.78, 5) is 21.3. The van der Waals surface area contributed by atoms with Crippen molar-refractivity contribution in [2.45, 2.75) is 32.4 Å². The van der Waals surface area contributed by atoms with Gasteiger partial charge in [-0.2, -0.15) is 36.5 Å². The van der Waals surface area contributed by atoms with Gasteiger partial charge in [0.25, 0.3) is 0 Å². The van der Waals surface area contributed by atoms with E-state index in [0.717, 1.165) is 16.8 Å². The van der Waals surface area contributed by atoms with Crippen LogP contribution >= 0.6 is 31.9 Å². The maximum absolute atomic E-state index is 12.3. The molecule has 0 aromatic carbocycles. The summed E-state index contributed by atoms with van der Waals surface area (Å²) in [5.41, 5.74) is -2.17. The number of ether oxygens (including phenoxy) is 1. The van der Waals surface area contributed by atoms with Gasteiger partial charge in [0.2, 0.25) is 0 Å². The van der Waals surface area contributed by atoms with Crippen molar-refractivity contribution in [1.29, 1.82) is 0 Å². The van der Waals surface area contributed by atoms with Crippen LogP contribution in [0.2, 0.25) is 0 Å². The molecule has 2 aromatic rings. The van der Waals surface area contributed by atoms with Crippen molar-refractivity contribution in [2.24, 2.45) is 0 Å². The third-order valence-electron chi connectivity index (χ3n) is 2.91. The molecule has 1 N–H and O–H groups in total. The van der Waals surface area contributed by atoms with Crippen LogP contribution in [0.15, 0.2) is 21.3 Å². The Bertz CT molecular complexity index is 894. The molecule has 8 nitrogen and oxygen atoms in total. The maximum Gasteiger partial charge on any atom is 0.435 e. The lowest BCUT2D eigenvalue weighted by atomic mass is 10.4. The van der Waals surface area contributed by atoms with Crippen LogP contribution in [0.4, 0.5) is 26.3 Å². The second-order valence-electron chi connectivity index (χ2n) is 5.21. The van der Waals surface area contributed by atoms with Crippen molar-refractivity contribution in [3.63, 3.8) is 0 Å². The van der Waals surface area contributed by atoms with Gasteiger partial charge in [0.05, 0.1) is 6.61 Å². The fraction of sp³-hybridized carbons (Fsp3) is 0.429. The Hall–Kier alpha value is -2.10. The van der Waals surface area contributed by atoms with Crippen LogP contribution in [-0.2, 0) is 39.8 Å². The maximum atomic E-state index is 12.3. The molecule has 2 rings (SSSR count). The summed E-state index contributed by atoms with van der Waals surface area (Å²) < 4.78 is 79.2. The predicted molar refractivity (Wildman–Crippen MR) is 94.1 cm³/mol. The van der Waals surface area contributed by atoms with Crippen LogP contribution in [-0.4, -0.2) is 43.2 Å². The van der Waals surface area contributed by atoms with Crippen LogP contribution in [0.1, 0.15) is 18.3 Å². The first kappa shape index (κ1) is 25.9. The van der Waals surface area contributed by atoms with Crippen LogP contribution in [0.3, 0.4) is 0 Å². The molecular formula is C14H12Br2F6N4O4. The smallest absolute Gasteiger partial charge is 0.435 e. The lowest BCUT2D eigenvalue weighted by Crippen LogP contribution is -2.15. The van der Waals surface area contributed by atoms with Crippen molar-refractivity contribution in [1.82, 2.24) is 19.6 Å². The zero-order chi connectivity index (χ0) is 23.3. The molecule has 16 heteroatoms. The van der Waals surface area contributed by atoms with Crippen molar-refractivity contribution >= 4 is 43.8 Å². The normalized spacial score (nSPS) is 11.6. The number of carboxylic acid groups (broad SMARTS) is 1. The van der Waals surface area contributed by atoms with Gasteiger partial charge in [0.1, 0.15) is 22.3 Å². The minimum atomic E-state index is -4.56. The second-order valence-corrected chi connectivity index (χ2v) is 6.84. The lowest BCUT2D eigenvalue weighted by Gasteiger charge is -2.03. The third kappa shape index (κ3) is 7.97. The number of carbonyl (C=O) groups excluding carboxylic acids is 1. The monoisotopic (exact) mass is 572 g/mol. The molecule has 0 aliphatic heterocycles. The average Bonchev–Trinajstić information content (AvgIpc) is 3.11. The van der Waals surface area contributed by atoms with Crippen molar-refractivity contribution < 1.29 is 45.8 Å². The Morgan fingerprint density at radius 3 is 1.67 bits per heavy atom. The quantitative estimate of drug-likeness (QED) is 0.429. The number of halogens is 8. The van der Waals surface area contributed by atoms with Gasteiger partial charge in [-0.1, -0.05) is 0 Å². The van der Waals surface area contributed by atoms with E-state index in [1.54, 1.807) is 6.92 Å². The van der Waals surface area contributed by atoms with Crippen molar-refractivity contribution in [2.75, 3.05) is 6.61 Å². The summed E-state index contributed by atoms with van der Waals surface area (Å²) >= 11 is 5.66. The Morgan fingerprint density at radius 2 is 1.37 bits per heavy atom. The van der Waals surface area contributed by atoms with Crippen LogP contribution in [0.25, 0.3) is 0 Å². The topological polar surface area (TPSA) is 99.2 Å². The summed E-state index contributed by atoms with van der Waals surface area (Å²) in [5, 5.41) is 14.7. The van der Waals surface area contributed by atoms with Crippen LogP contribution < -0.4 is 0 Å². The third-order valence-corrected chi connectivity index (χ3v) is 4.19. The molecule has 0 radical (unpaired) electrons. The van der Waals surface area contributed by atoms with E-state index in [9.17, 15) is 35.9 Å². The Morgan fingerprint density at radius 1 is 0.967 bits per heavy atom. The highest BCUT2D eigenvalue weighted by atomic mass is 79.9. The fourth-order valence-corrected chi connectivity index (χ4v) is 2.59. The Labute approximate surface area is 181 Å². The minimum Gasteiger partial charge on any atom is -0.480 e. The van der Waals surface area contributed by atoms with E-state index in [4.69, 9.17) is 5.11 Å². The molecular weight excluding hydrogens is 562 g/mol. The van der Waals surface area contributed by atoms with Gasteiger partial charge in [-0.3, -0.25) is 9.59 Å². The minimum absolute atomic E-state index is 0.0211. The van der Waals surface area contributed by atoms with Gasteiger partial charge < -0.3 is 9.84 Å². The number of rotatable bonds is 5. The van der Waals surface area contributed by atoms with Gasteiger partial charge in [0.15, 0.2) is 11.4 Å². The number of hydrogen-bond donors (Lipinski definition) is 1. The van der Waals surface area contributed by atoms with E-state index in [1.807, 2.05) is 0 Å². The fourth-order valence-electron chi connectivity index (χ4n) is 1.74. The average molecular weight is 574 g/mol. The number of aromatic nitrogens is 4. The first-order valence-electron chi connectivity index (χ1n) is 7.63. The van der Waals surface area contributed by atoms with E-state index >= 15 is 0 Å². The summed E-state index contributed by atoms with van der Waals surface area (Å²) in [5.74, 6) is -1.90. The van der Waals surface area contributed by atoms with E-state index in [2.05, 4.69) is 46.8 Å². The summed E-state index contributed by atoms with van der Waals surface area (Å²) in [6, 6.07) is 1.53. The molecule has 0 fully saturated rings. The zero-order valence-corrected chi connectivity index (χ0v) is 17.9. The molecule has 0 amide bonds. The highest BCUT2D eigenvalue weighted by molar-refractivity contribution is 9.10. The molecule has 0 bridgehead atoms. The number of carbonyl (C=O) groups is 2. The summed E-state index contributed by atoms with van der Waals surface area (Å²) in [7, 11) is 0. The first-order chi connectivity index (χ1) is 13.6. The van der Waals surface area contributed by atoms with Gasteiger partial charge in [0, 0.05) is 12.1 Å². The van der Waals surface area contributed by atoms with Gasteiger partial charge in [-0.05, 0) is 38.8 Å². The Kier molecular flexibility index (Phi) is 8.89. The molecule has 0 saturated heterocycles. The largest absolute Gasteiger partial charge is 0.480 e. The summed E-state index contributed by atoms with van der Waals surface area (Å²) in [6.45, 7) is 0.808. The number of hydrogen-bond acceptors (Lipinski definition) is 5. The lowest BCUT2D eigenvalue weighted by molar-refractivity contribution is -0.146. The van der Waals surface area contributed by atoms with Crippen LogP contribution in [0, 0.1) is 0 Å². The van der Waals surface area contributed by atoms with Gasteiger partial charge >= 0.3 is 24.3 Å². The molecule has 168 valence electrons. The molecule has 0 unspecified atom stereocenters. The number of esters is 1. The molecule has 0 spiro atoms. The van der Waals surface area contributed by atoms with E-state index in [1.165, 1.54) is 0 Å². The van der Waals surface area contributed by atoms with Gasteiger partial charge in [-0.25, -0.2) is 9.36 Å². The highest BCUT2D eigenvalue weighted by Crippen LogP contribution is 2.30. The van der Waals surface area contributed by atoms with E-state index in [0.29, 0.717) is 4.68 Å². The standard InChI is InChI=1S/C8H8BrF3N2O2.C6H4BrF3N2O2/c1-2-16-7(15)4-14-6(9)3-5(13-14)8(10,11)12;7-4-1-3(6(8,9)10)11-12(4)2-5(13)14/h3H,2,4H2,1H3;1H,2H2,(H,13,14). The number of alkyl halides is 6. The molecule has 0 aliphatic rings. The molecule has 0 atom stereocenters. The SMILES string of the molecule is CCOC(=O)Cn1nc(C(F)(F)F)cc1Br.O=C(O)Cn1nc(C(F)(F)F)cc1Br. The van der Waals surface area contributed by atoms with Crippen molar-refractivity contribution in [3.8, 4) is 0 Å². The number of carboxylic acids is 1. The Balaban J connectivity index is 0.000000303. The number of aliphatic carboxylic acids is 1. The van der Waals surface area contributed by atoms with E-state index < -0.39 is 42.2 Å². The molecule has 2 heterocycles. The van der Waals surface area contributed by atoms with Crippen LogP contribution in [0.5, 0.6) is 0 Å². The zero-order valence-electron chi connectivity index (χ0n) is 14.8. The molecule has 0 aliphatic carbocycles. The predicted octanol–water partition coefficient (Wildman–Crippen LogP) is 3.98. The summed E-state index contributed by atoms with van der Waals surface area (Å²) in [6.07, 6.45) is -9.09. The first-order valence-corrected chi connectivity index (χ1v) is 9.22. The van der Waals surface area contributed by atoms with Gasteiger partial charge in [-0.15, -0.1) is 0 Å². The molecule has 30 heavy (non-hydrogen) atoms. The number of nitrogens with zero attached hydrogens (tertiary/aromatic N) is 4. The van der Waals surface area contributed by atoms with Crippen molar-refractivity contribution in [3.05, 3.63) is 32.7 Å².